The lowest BCUT2D eigenvalue weighted by Crippen LogP contribution is -2.25. The third-order valence-corrected chi connectivity index (χ3v) is 3.41. The van der Waals surface area contributed by atoms with Crippen molar-refractivity contribution in [3.8, 4) is 0 Å². The molecule has 0 heterocycles. The summed E-state index contributed by atoms with van der Waals surface area (Å²) in [4.78, 5) is 10.7. The van der Waals surface area contributed by atoms with E-state index in [0.29, 0.717) is 5.92 Å². The van der Waals surface area contributed by atoms with E-state index in [1.165, 1.54) is 25.7 Å². The summed E-state index contributed by atoms with van der Waals surface area (Å²) in [5, 5.41) is 10.7. The van der Waals surface area contributed by atoms with Crippen molar-refractivity contribution in [2.24, 2.45) is 0 Å². The molecule has 0 N–H and O–H groups in total. The lowest BCUT2D eigenvalue weighted by Gasteiger charge is -2.16. The Morgan fingerprint density at radius 3 is 2.61 bits per heavy atom. The summed E-state index contributed by atoms with van der Waals surface area (Å²) in [5.41, 5.74) is 2.07. The third kappa shape index (κ3) is 4.91. The van der Waals surface area contributed by atoms with Crippen molar-refractivity contribution >= 4 is 5.97 Å². The molecule has 0 amide bonds. The van der Waals surface area contributed by atoms with Crippen molar-refractivity contribution in [2.45, 2.75) is 58.3 Å². The number of carbonyl (C=O) groups is 1. The first-order valence-corrected chi connectivity index (χ1v) is 6.92. The summed E-state index contributed by atoms with van der Waals surface area (Å²) >= 11 is 0. The molecule has 0 aliphatic heterocycles. The molecule has 1 atom stereocenters. The molecule has 2 heteroatoms. The van der Waals surface area contributed by atoms with Crippen LogP contribution in [0.15, 0.2) is 24.3 Å². The first-order valence-electron chi connectivity index (χ1n) is 6.92. The lowest BCUT2D eigenvalue weighted by molar-refractivity contribution is -0.304. The lowest BCUT2D eigenvalue weighted by atomic mass is 9.90. The molecule has 100 valence electrons. The first kappa shape index (κ1) is 14.7. The molecule has 18 heavy (non-hydrogen) atoms. The van der Waals surface area contributed by atoms with Gasteiger partial charge in [0.25, 0.3) is 0 Å². The standard InChI is InChI=1S/C16H24O2/c1-3-4-5-6-9-13(2)15-11-8-7-10-14(15)12-16(17)18/h7-8,10-11,13H,3-6,9,12H2,1-2H3,(H,17,18)/p-1/t13-/m0/s1. The molecule has 1 rings (SSSR count). The van der Waals surface area contributed by atoms with Gasteiger partial charge in [-0.05, 0) is 23.5 Å². The van der Waals surface area contributed by atoms with Gasteiger partial charge in [-0.25, -0.2) is 0 Å². The van der Waals surface area contributed by atoms with Crippen LogP contribution in [0.5, 0.6) is 0 Å². The molecule has 0 aromatic heterocycles. The minimum atomic E-state index is -0.999. The number of hydrogen-bond acceptors (Lipinski definition) is 2. The molecule has 0 fully saturated rings. The number of rotatable bonds is 8. The van der Waals surface area contributed by atoms with Crippen molar-refractivity contribution in [1.82, 2.24) is 0 Å². The van der Waals surface area contributed by atoms with Gasteiger partial charge < -0.3 is 9.90 Å². The van der Waals surface area contributed by atoms with Crippen LogP contribution < -0.4 is 5.11 Å². The second-order valence-electron chi connectivity index (χ2n) is 5.00. The Morgan fingerprint density at radius 2 is 1.94 bits per heavy atom. The Labute approximate surface area is 110 Å². The SMILES string of the molecule is CCCCCC[C@H](C)c1ccccc1CC(=O)[O-]. The van der Waals surface area contributed by atoms with Gasteiger partial charge in [0.1, 0.15) is 0 Å². The summed E-state index contributed by atoms with van der Waals surface area (Å²) in [6.07, 6.45) is 6.17. The van der Waals surface area contributed by atoms with Crippen LogP contribution in [0.25, 0.3) is 0 Å². The second-order valence-corrected chi connectivity index (χ2v) is 5.00. The zero-order valence-electron chi connectivity index (χ0n) is 11.4. The molecule has 0 aliphatic carbocycles. The third-order valence-electron chi connectivity index (χ3n) is 3.41. The summed E-state index contributed by atoms with van der Waals surface area (Å²) in [6.45, 7) is 4.39. The van der Waals surface area contributed by atoms with E-state index in [9.17, 15) is 9.90 Å². The van der Waals surface area contributed by atoms with Crippen LogP contribution in [-0.2, 0) is 11.2 Å². The fourth-order valence-corrected chi connectivity index (χ4v) is 2.36. The monoisotopic (exact) mass is 247 g/mol. The smallest absolute Gasteiger partial charge is 0.0458 e. The summed E-state index contributed by atoms with van der Waals surface area (Å²) in [7, 11) is 0. The maximum atomic E-state index is 10.7. The topological polar surface area (TPSA) is 40.1 Å². The Balaban J connectivity index is 2.60. The van der Waals surface area contributed by atoms with Gasteiger partial charge >= 0.3 is 0 Å². The average molecular weight is 247 g/mol. The molecule has 0 unspecified atom stereocenters. The Kier molecular flexibility index (Phi) is 6.48. The van der Waals surface area contributed by atoms with Crippen molar-refractivity contribution in [2.75, 3.05) is 0 Å². The molecule has 0 aliphatic rings. The maximum absolute atomic E-state index is 10.7. The number of benzene rings is 1. The van der Waals surface area contributed by atoms with Crippen LogP contribution >= 0.6 is 0 Å². The average Bonchev–Trinajstić information content (AvgIpc) is 2.34. The largest absolute Gasteiger partial charge is 0.550 e. The summed E-state index contributed by atoms with van der Waals surface area (Å²) < 4.78 is 0. The second kappa shape index (κ2) is 7.91. The Hall–Kier alpha value is -1.31. The van der Waals surface area contributed by atoms with Crippen LogP contribution in [0.1, 0.15) is 63.0 Å². The number of carbonyl (C=O) groups excluding carboxylic acids is 1. The van der Waals surface area contributed by atoms with E-state index >= 15 is 0 Å². The summed E-state index contributed by atoms with van der Waals surface area (Å²) in [5.74, 6) is -0.571. The number of carboxylic acids is 1. The fraction of sp³-hybridized carbons (Fsp3) is 0.562. The van der Waals surface area contributed by atoms with Crippen LogP contribution in [0.4, 0.5) is 0 Å². The normalized spacial score (nSPS) is 12.3. The van der Waals surface area contributed by atoms with Crippen molar-refractivity contribution in [3.63, 3.8) is 0 Å². The van der Waals surface area contributed by atoms with Crippen molar-refractivity contribution in [1.29, 1.82) is 0 Å². The number of aliphatic carboxylic acids is 1. The molecule has 2 nitrogen and oxygen atoms in total. The Bertz CT molecular complexity index is 371. The molecule has 0 spiro atoms. The van der Waals surface area contributed by atoms with Crippen LogP contribution in [0.3, 0.4) is 0 Å². The van der Waals surface area contributed by atoms with E-state index in [1.807, 2.05) is 24.3 Å². The fourth-order valence-electron chi connectivity index (χ4n) is 2.36. The molecule has 0 bridgehead atoms. The highest BCUT2D eigenvalue weighted by atomic mass is 16.4. The van der Waals surface area contributed by atoms with Crippen LogP contribution in [0, 0.1) is 0 Å². The van der Waals surface area contributed by atoms with Gasteiger partial charge in [-0.1, -0.05) is 63.8 Å². The van der Waals surface area contributed by atoms with Crippen LogP contribution in [0.2, 0.25) is 0 Å². The molecule has 1 aromatic carbocycles. The molecular weight excluding hydrogens is 224 g/mol. The highest BCUT2D eigenvalue weighted by Gasteiger charge is 2.09. The van der Waals surface area contributed by atoms with Gasteiger partial charge in [-0.2, -0.15) is 0 Å². The number of hydrogen-bond donors (Lipinski definition) is 0. The first-order chi connectivity index (χ1) is 8.65. The summed E-state index contributed by atoms with van der Waals surface area (Å²) in [6, 6.07) is 7.82. The van der Waals surface area contributed by atoms with E-state index in [1.54, 1.807) is 0 Å². The molecular formula is C16H23O2-. The molecule has 0 radical (unpaired) electrons. The minimum Gasteiger partial charge on any atom is -0.550 e. The van der Waals surface area contributed by atoms with E-state index in [4.69, 9.17) is 0 Å². The van der Waals surface area contributed by atoms with Gasteiger partial charge in [-0.15, -0.1) is 0 Å². The van der Waals surface area contributed by atoms with Gasteiger partial charge in [0.15, 0.2) is 0 Å². The molecule has 0 saturated heterocycles. The van der Waals surface area contributed by atoms with E-state index in [-0.39, 0.29) is 6.42 Å². The van der Waals surface area contributed by atoms with Gasteiger partial charge in [-0.3, -0.25) is 0 Å². The molecule has 0 saturated carbocycles. The zero-order valence-corrected chi connectivity index (χ0v) is 11.4. The maximum Gasteiger partial charge on any atom is 0.0458 e. The van der Waals surface area contributed by atoms with E-state index < -0.39 is 5.97 Å². The number of unbranched alkanes of at least 4 members (excludes halogenated alkanes) is 3. The van der Waals surface area contributed by atoms with Gasteiger partial charge in [0.2, 0.25) is 0 Å². The predicted octanol–water partition coefficient (Wildman–Crippen LogP) is 3.05. The number of carboxylic acid groups (broad SMARTS) is 1. The van der Waals surface area contributed by atoms with Gasteiger partial charge in [0.05, 0.1) is 0 Å². The van der Waals surface area contributed by atoms with Gasteiger partial charge in [0, 0.05) is 12.4 Å². The van der Waals surface area contributed by atoms with Crippen molar-refractivity contribution < 1.29 is 9.90 Å². The molecule has 1 aromatic rings. The predicted molar refractivity (Wildman–Crippen MR) is 72.3 cm³/mol. The highest BCUT2D eigenvalue weighted by Crippen LogP contribution is 2.25. The van der Waals surface area contributed by atoms with E-state index in [2.05, 4.69) is 13.8 Å². The van der Waals surface area contributed by atoms with Crippen molar-refractivity contribution in [3.05, 3.63) is 35.4 Å². The quantitative estimate of drug-likeness (QED) is 0.662. The van der Waals surface area contributed by atoms with Crippen LogP contribution in [-0.4, -0.2) is 5.97 Å². The minimum absolute atomic E-state index is 0.0233. The highest BCUT2D eigenvalue weighted by molar-refractivity contribution is 5.68. The van der Waals surface area contributed by atoms with E-state index in [0.717, 1.165) is 17.5 Å². The Morgan fingerprint density at radius 1 is 1.22 bits per heavy atom. The zero-order chi connectivity index (χ0) is 13.4.